The molecule has 6 nitrogen and oxygen atoms in total. The third-order valence-electron chi connectivity index (χ3n) is 2.44. The highest BCUT2D eigenvalue weighted by atomic mass is 15.1. The maximum atomic E-state index is 5.65. The first-order valence-corrected chi connectivity index (χ1v) is 6.39. The minimum absolute atomic E-state index is 0.296. The van der Waals surface area contributed by atoms with Gasteiger partial charge in [-0.2, -0.15) is 9.97 Å². The fourth-order valence-electron chi connectivity index (χ4n) is 1.60. The summed E-state index contributed by atoms with van der Waals surface area (Å²) >= 11 is 0. The Labute approximate surface area is 109 Å². The average molecular weight is 252 g/mol. The van der Waals surface area contributed by atoms with Gasteiger partial charge in [-0.05, 0) is 40.4 Å². The molecule has 6 heteroatoms. The second-order valence-corrected chi connectivity index (χ2v) is 4.46. The number of anilines is 3. The van der Waals surface area contributed by atoms with Crippen molar-refractivity contribution < 1.29 is 0 Å². The van der Waals surface area contributed by atoms with Crippen LogP contribution >= 0.6 is 0 Å². The van der Waals surface area contributed by atoms with E-state index in [0.717, 1.165) is 37.7 Å². The van der Waals surface area contributed by atoms with Crippen molar-refractivity contribution in [2.75, 3.05) is 50.1 Å². The van der Waals surface area contributed by atoms with Crippen molar-refractivity contribution in [1.82, 2.24) is 14.9 Å². The van der Waals surface area contributed by atoms with E-state index in [-0.39, 0.29) is 0 Å². The molecule has 4 N–H and O–H groups in total. The molecular formula is C12H24N6. The van der Waals surface area contributed by atoms with Gasteiger partial charge in [0, 0.05) is 19.2 Å². The molecule has 0 spiro atoms. The number of aromatic nitrogens is 2. The predicted molar refractivity (Wildman–Crippen MR) is 76.9 cm³/mol. The highest BCUT2D eigenvalue weighted by Gasteiger charge is 2.01. The zero-order chi connectivity index (χ0) is 13.4. The molecule has 102 valence electrons. The summed E-state index contributed by atoms with van der Waals surface area (Å²) in [6.45, 7) is 4.84. The molecule has 0 radical (unpaired) electrons. The lowest BCUT2D eigenvalue weighted by molar-refractivity contribution is 0.396. The first-order valence-electron chi connectivity index (χ1n) is 6.39. The van der Waals surface area contributed by atoms with Gasteiger partial charge in [-0.3, -0.25) is 0 Å². The number of nitrogens with one attached hydrogen (secondary N) is 2. The van der Waals surface area contributed by atoms with Crippen LogP contribution in [0, 0.1) is 0 Å². The third kappa shape index (κ3) is 5.67. The first kappa shape index (κ1) is 14.5. The maximum Gasteiger partial charge on any atom is 0.223 e. The SMILES string of the molecule is CCNc1cc(NCCCCN(C)C)nc(N)n1. The van der Waals surface area contributed by atoms with Gasteiger partial charge in [0.25, 0.3) is 0 Å². The molecule has 0 saturated carbocycles. The Morgan fingerprint density at radius 2 is 1.83 bits per heavy atom. The standard InChI is InChI=1S/C12H24N6/c1-4-14-10-9-11(17-12(13)16-10)15-7-5-6-8-18(2)3/h9H,4-8H2,1-3H3,(H4,13,14,15,16,17). The molecule has 1 heterocycles. The van der Waals surface area contributed by atoms with Crippen LogP contribution in [-0.2, 0) is 0 Å². The van der Waals surface area contributed by atoms with E-state index in [1.165, 1.54) is 6.42 Å². The highest BCUT2D eigenvalue weighted by Crippen LogP contribution is 2.12. The molecule has 0 bridgehead atoms. The summed E-state index contributed by atoms with van der Waals surface area (Å²) in [6.07, 6.45) is 2.28. The smallest absolute Gasteiger partial charge is 0.223 e. The van der Waals surface area contributed by atoms with E-state index in [4.69, 9.17) is 5.73 Å². The second-order valence-electron chi connectivity index (χ2n) is 4.46. The van der Waals surface area contributed by atoms with E-state index in [0.29, 0.717) is 5.95 Å². The van der Waals surface area contributed by atoms with Crippen molar-refractivity contribution in [1.29, 1.82) is 0 Å². The maximum absolute atomic E-state index is 5.65. The lowest BCUT2D eigenvalue weighted by Crippen LogP contribution is -2.14. The topological polar surface area (TPSA) is 79.1 Å². The van der Waals surface area contributed by atoms with Crippen LogP contribution in [0.25, 0.3) is 0 Å². The van der Waals surface area contributed by atoms with E-state index in [9.17, 15) is 0 Å². The summed E-state index contributed by atoms with van der Waals surface area (Å²) in [7, 11) is 4.17. The van der Waals surface area contributed by atoms with Crippen molar-refractivity contribution >= 4 is 17.6 Å². The Bertz CT molecular complexity index is 352. The van der Waals surface area contributed by atoms with Crippen molar-refractivity contribution in [3.05, 3.63) is 6.07 Å². The van der Waals surface area contributed by atoms with E-state index < -0.39 is 0 Å². The molecule has 0 amide bonds. The molecule has 0 atom stereocenters. The van der Waals surface area contributed by atoms with Crippen LogP contribution in [-0.4, -0.2) is 48.6 Å². The molecule has 0 aromatic carbocycles. The molecule has 0 aliphatic heterocycles. The molecule has 1 rings (SSSR count). The van der Waals surface area contributed by atoms with E-state index in [1.54, 1.807) is 0 Å². The first-order chi connectivity index (χ1) is 8.61. The van der Waals surface area contributed by atoms with E-state index in [1.807, 2.05) is 13.0 Å². The van der Waals surface area contributed by atoms with Gasteiger partial charge in [0.2, 0.25) is 5.95 Å². The van der Waals surface area contributed by atoms with Gasteiger partial charge in [-0.1, -0.05) is 0 Å². The van der Waals surface area contributed by atoms with Gasteiger partial charge in [0.1, 0.15) is 11.6 Å². The third-order valence-corrected chi connectivity index (χ3v) is 2.44. The fraction of sp³-hybridized carbons (Fsp3) is 0.667. The van der Waals surface area contributed by atoms with Crippen LogP contribution in [0.3, 0.4) is 0 Å². The van der Waals surface area contributed by atoms with Crippen LogP contribution in [0.2, 0.25) is 0 Å². The molecule has 0 unspecified atom stereocenters. The van der Waals surface area contributed by atoms with Crippen LogP contribution in [0.15, 0.2) is 6.07 Å². The fourth-order valence-corrected chi connectivity index (χ4v) is 1.60. The van der Waals surface area contributed by atoms with Crippen LogP contribution < -0.4 is 16.4 Å². The van der Waals surface area contributed by atoms with E-state index >= 15 is 0 Å². The summed E-state index contributed by atoms with van der Waals surface area (Å²) in [5.41, 5.74) is 5.65. The summed E-state index contributed by atoms with van der Waals surface area (Å²) in [5, 5.41) is 6.40. The zero-order valence-corrected chi connectivity index (χ0v) is 11.5. The monoisotopic (exact) mass is 252 g/mol. The van der Waals surface area contributed by atoms with Gasteiger partial charge >= 0.3 is 0 Å². The number of hydrogen-bond donors (Lipinski definition) is 3. The molecule has 0 aliphatic carbocycles. The number of rotatable bonds is 8. The van der Waals surface area contributed by atoms with Gasteiger partial charge in [0.15, 0.2) is 0 Å². The van der Waals surface area contributed by atoms with Gasteiger partial charge in [0.05, 0.1) is 0 Å². The van der Waals surface area contributed by atoms with Crippen LogP contribution in [0.4, 0.5) is 17.6 Å². The minimum Gasteiger partial charge on any atom is -0.370 e. The summed E-state index contributed by atoms with van der Waals surface area (Å²) in [5.74, 6) is 1.84. The van der Waals surface area contributed by atoms with Crippen molar-refractivity contribution in [2.24, 2.45) is 0 Å². The Kier molecular flexibility index (Phi) is 6.21. The molecule has 1 aromatic rings. The Hall–Kier alpha value is -1.56. The zero-order valence-electron chi connectivity index (χ0n) is 11.5. The molecule has 0 fully saturated rings. The molecule has 1 aromatic heterocycles. The average Bonchev–Trinajstić information content (AvgIpc) is 2.28. The lowest BCUT2D eigenvalue weighted by Gasteiger charge is -2.10. The highest BCUT2D eigenvalue weighted by molar-refractivity contribution is 5.50. The summed E-state index contributed by atoms with van der Waals surface area (Å²) < 4.78 is 0. The summed E-state index contributed by atoms with van der Waals surface area (Å²) in [6, 6.07) is 1.88. The number of hydrogen-bond acceptors (Lipinski definition) is 6. The van der Waals surface area contributed by atoms with Gasteiger partial charge in [-0.25, -0.2) is 0 Å². The normalized spacial score (nSPS) is 10.7. The largest absolute Gasteiger partial charge is 0.370 e. The van der Waals surface area contributed by atoms with Gasteiger partial charge < -0.3 is 21.3 Å². The number of unbranched alkanes of at least 4 members (excludes halogenated alkanes) is 1. The Balaban J connectivity index is 2.37. The van der Waals surface area contributed by atoms with Crippen molar-refractivity contribution in [2.45, 2.75) is 19.8 Å². The van der Waals surface area contributed by atoms with Crippen molar-refractivity contribution in [3.63, 3.8) is 0 Å². The molecule has 18 heavy (non-hydrogen) atoms. The Morgan fingerprint density at radius 3 is 2.44 bits per heavy atom. The van der Waals surface area contributed by atoms with Gasteiger partial charge in [-0.15, -0.1) is 0 Å². The van der Waals surface area contributed by atoms with E-state index in [2.05, 4.69) is 39.6 Å². The predicted octanol–water partition coefficient (Wildman–Crippen LogP) is 1.24. The molecule has 0 saturated heterocycles. The number of nitrogen functional groups attached to an aromatic ring is 1. The quantitative estimate of drug-likeness (QED) is 0.604. The number of nitrogens with two attached hydrogens (primary N) is 1. The van der Waals surface area contributed by atoms with Crippen LogP contribution in [0.1, 0.15) is 19.8 Å². The Morgan fingerprint density at radius 1 is 1.17 bits per heavy atom. The minimum atomic E-state index is 0.296. The number of nitrogens with zero attached hydrogens (tertiary/aromatic N) is 3. The lowest BCUT2D eigenvalue weighted by atomic mass is 10.3. The van der Waals surface area contributed by atoms with Crippen LogP contribution in [0.5, 0.6) is 0 Å². The van der Waals surface area contributed by atoms with Crippen molar-refractivity contribution in [3.8, 4) is 0 Å². The molecule has 0 aliphatic rings. The summed E-state index contributed by atoms with van der Waals surface area (Å²) in [4.78, 5) is 10.4. The molecular weight excluding hydrogens is 228 g/mol. The second kappa shape index (κ2) is 7.71.